The Morgan fingerprint density at radius 1 is 1.47 bits per heavy atom. The van der Waals surface area contributed by atoms with Gasteiger partial charge in [-0.25, -0.2) is 0 Å². The molecule has 0 aliphatic rings. The predicted octanol–water partition coefficient (Wildman–Crippen LogP) is 3.07. The summed E-state index contributed by atoms with van der Waals surface area (Å²) in [6.07, 6.45) is 0.200. The highest BCUT2D eigenvalue weighted by molar-refractivity contribution is 9.10. The van der Waals surface area contributed by atoms with Gasteiger partial charge in [-0.1, -0.05) is 13.0 Å². The molecule has 106 valence electrons. The Labute approximate surface area is 122 Å². The Morgan fingerprint density at radius 2 is 2.16 bits per heavy atom. The lowest BCUT2D eigenvalue weighted by Crippen LogP contribution is -2.24. The number of hydrogen-bond donors (Lipinski definition) is 2. The largest absolute Gasteiger partial charge is 0.506 e. The summed E-state index contributed by atoms with van der Waals surface area (Å²) in [5, 5.41) is 13.3. The fraction of sp³-hybridized carbons (Fsp3) is 0.500. The SMILES string of the molecule is CCN[C@@H](CC(=O)OCC)c1cc(C)cc(Br)c1O. The number of ether oxygens (including phenoxy) is 1. The van der Waals surface area contributed by atoms with Crippen LogP contribution in [0.3, 0.4) is 0 Å². The van der Waals surface area contributed by atoms with E-state index in [2.05, 4.69) is 21.2 Å². The van der Waals surface area contributed by atoms with Gasteiger partial charge in [0.15, 0.2) is 0 Å². The molecule has 1 atom stereocenters. The third-order valence-corrected chi connectivity index (χ3v) is 3.34. The molecule has 0 aromatic heterocycles. The van der Waals surface area contributed by atoms with E-state index in [1.54, 1.807) is 6.92 Å². The quantitative estimate of drug-likeness (QED) is 0.787. The van der Waals surface area contributed by atoms with Gasteiger partial charge in [-0.2, -0.15) is 0 Å². The van der Waals surface area contributed by atoms with E-state index in [1.165, 1.54) is 0 Å². The van der Waals surface area contributed by atoms with Gasteiger partial charge in [-0.15, -0.1) is 0 Å². The number of nitrogens with one attached hydrogen (secondary N) is 1. The summed E-state index contributed by atoms with van der Waals surface area (Å²) in [4.78, 5) is 11.6. The van der Waals surface area contributed by atoms with E-state index in [0.717, 1.165) is 5.56 Å². The van der Waals surface area contributed by atoms with Crippen LogP contribution in [0.4, 0.5) is 0 Å². The van der Waals surface area contributed by atoms with Gasteiger partial charge in [0.25, 0.3) is 0 Å². The van der Waals surface area contributed by atoms with Gasteiger partial charge >= 0.3 is 5.97 Å². The molecule has 0 aliphatic carbocycles. The summed E-state index contributed by atoms with van der Waals surface area (Å²) >= 11 is 3.32. The van der Waals surface area contributed by atoms with Crippen LogP contribution in [0.15, 0.2) is 16.6 Å². The highest BCUT2D eigenvalue weighted by atomic mass is 79.9. The number of halogens is 1. The van der Waals surface area contributed by atoms with E-state index in [4.69, 9.17) is 4.74 Å². The van der Waals surface area contributed by atoms with Crippen LogP contribution < -0.4 is 5.32 Å². The van der Waals surface area contributed by atoms with Gasteiger partial charge in [0.05, 0.1) is 17.5 Å². The van der Waals surface area contributed by atoms with Crippen molar-refractivity contribution >= 4 is 21.9 Å². The number of esters is 1. The third kappa shape index (κ3) is 4.51. The molecule has 1 aromatic carbocycles. The summed E-state index contributed by atoms with van der Waals surface area (Å²) in [6.45, 7) is 6.75. The van der Waals surface area contributed by atoms with Gasteiger partial charge < -0.3 is 15.2 Å². The second kappa shape index (κ2) is 7.50. The van der Waals surface area contributed by atoms with Gasteiger partial charge in [0, 0.05) is 11.6 Å². The number of hydrogen-bond acceptors (Lipinski definition) is 4. The number of aryl methyl sites for hydroxylation is 1. The van der Waals surface area contributed by atoms with E-state index in [-0.39, 0.29) is 24.2 Å². The Bertz CT molecular complexity index is 449. The molecule has 0 amide bonds. The summed E-state index contributed by atoms with van der Waals surface area (Å²) < 4.78 is 5.60. The van der Waals surface area contributed by atoms with Crippen LogP contribution in [0.2, 0.25) is 0 Å². The molecule has 19 heavy (non-hydrogen) atoms. The topological polar surface area (TPSA) is 58.6 Å². The molecule has 1 aromatic rings. The highest BCUT2D eigenvalue weighted by Crippen LogP contribution is 2.34. The molecular weight excluding hydrogens is 310 g/mol. The Kier molecular flexibility index (Phi) is 6.31. The molecule has 5 heteroatoms. The number of carbonyl (C=O) groups is 1. The number of aromatic hydroxyl groups is 1. The summed E-state index contributed by atoms with van der Waals surface area (Å²) in [5.74, 6) is -0.105. The molecule has 1 rings (SSSR count). The molecule has 0 unspecified atom stereocenters. The number of carbonyl (C=O) groups excluding carboxylic acids is 1. The fourth-order valence-corrected chi connectivity index (χ4v) is 2.54. The Balaban J connectivity index is 3.01. The average Bonchev–Trinajstić information content (AvgIpc) is 2.33. The third-order valence-electron chi connectivity index (χ3n) is 2.74. The number of phenolic OH excluding ortho intramolecular Hbond substituents is 1. The first-order valence-electron chi connectivity index (χ1n) is 6.37. The second-order valence-corrected chi connectivity index (χ2v) is 5.16. The predicted molar refractivity (Wildman–Crippen MR) is 78.2 cm³/mol. The van der Waals surface area contributed by atoms with Crippen molar-refractivity contribution in [3.63, 3.8) is 0 Å². The van der Waals surface area contributed by atoms with Crippen molar-refractivity contribution in [2.24, 2.45) is 0 Å². The van der Waals surface area contributed by atoms with Crippen molar-refractivity contribution in [3.05, 3.63) is 27.7 Å². The molecule has 0 fully saturated rings. The zero-order chi connectivity index (χ0) is 14.4. The van der Waals surface area contributed by atoms with Crippen LogP contribution in [-0.4, -0.2) is 24.2 Å². The van der Waals surface area contributed by atoms with E-state index in [1.807, 2.05) is 26.0 Å². The molecular formula is C14H20BrNO3. The monoisotopic (exact) mass is 329 g/mol. The molecule has 2 N–H and O–H groups in total. The lowest BCUT2D eigenvalue weighted by molar-refractivity contribution is -0.143. The molecule has 0 saturated carbocycles. The molecule has 0 radical (unpaired) electrons. The van der Waals surface area contributed by atoms with Crippen LogP contribution in [0.25, 0.3) is 0 Å². The van der Waals surface area contributed by atoms with Crippen molar-refractivity contribution in [1.29, 1.82) is 0 Å². The van der Waals surface area contributed by atoms with Crippen LogP contribution in [-0.2, 0) is 9.53 Å². The number of rotatable bonds is 6. The van der Waals surface area contributed by atoms with Gasteiger partial charge in [0.2, 0.25) is 0 Å². The lowest BCUT2D eigenvalue weighted by Gasteiger charge is -2.20. The van der Waals surface area contributed by atoms with Crippen LogP contribution in [0.1, 0.15) is 37.4 Å². The van der Waals surface area contributed by atoms with E-state index in [0.29, 0.717) is 23.2 Å². The van der Waals surface area contributed by atoms with Crippen molar-refractivity contribution in [2.45, 2.75) is 33.2 Å². The maximum atomic E-state index is 11.6. The Hall–Kier alpha value is -1.07. The minimum Gasteiger partial charge on any atom is -0.506 e. The van der Waals surface area contributed by atoms with E-state index in [9.17, 15) is 9.90 Å². The molecule has 4 nitrogen and oxygen atoms in total. The second-order valence-electron chi connectivity index (χ2n) is 4.30. The molecule has 0 heterocycles. The van der Waals surface area contributed by atoms with Crippen LogP contribution in [0.5, 0.6) is 5.75 Å². The van der Waals surface area contributed by atoms with Gasteiger partial charge in [-0.05, 0) is 48.0 Å². The van der Waals surface area contributed by atoms with Crippen molar-refractivity contribution < 1.29 is 14.6 Å². The summed E-state index contributed by atoms with van der Waals surface area (Å²) in [7, 11) is 0. The van der Waals surface area contributed by atoms with Gasteiger partial charge in [-0.3, -0.25) is 4.79 Å². The average molecular weight is 330 g/mol. The molecule has 0 bridgehead atoms. The number of phenols is 1. The standard InChI is InChI=1S/C14H20BrNO3/c1-4-16-12(8-13(17)19-5-2)10-6-9(3)7-11(15)14(10)18/h6-7,12,16,18H,4-5,8H2,1-3H3/t12-/m0/s1. The van der Waals surface area contributed by atoms with E-state index < -0.39 is 0 Å². The van der Waals surface area contributed by atoms with Crippen molar-refractivity contribution in [1.82, 2.24) is 5.32 Å². The van der Waals surface area contributed by atoms with Crippen LogP contribution in [0, 0.1) is 6.92 Å². The maximum absolute atomic E-state index is 11.6. The Morgan fingerprint density at radius 3 is 2.74 bits per heavy atom. The first-order valence-corrected chi connectivity index (χ1v) is 7.16. The van der Waals surface area contributed by atoms with Crippen LogP contribution >= 0.6 is 15.9 Å². The number of benzene rings is 1. The maximum Gasteiger partial charge on any atom is 0.307 e. The fourth-order valence-electron chi connectivity index (χ4n) is 1.95. The molecule has 0 spiro atoms. The smallest absolute Gasteiger partial charge is 0.307 e. The first kappa shape index (κ1) is 16.0. The summed E-state index contributed by atoms with van der Waals surface area (Å²) in [5.41, 5.74) is 1.73. The normalized spacial score (nSPS) is 12.2. The van der Waals surface area contributed by atoms with Crippen molar-refractivity contribution in [3.8, 4) is 5.75 Å². The minimum absolute atomic E-state index is 0.167. The highest BCUT2D eigenvalue weighted by Gasteiger charge is 2.20. The lowest BCUT2D eigenvalue weighted by atomic mass is 10.0. The van der Waals surface area contributed by atoms with E-state index >= 15 is 0 Å². The molecule has 0 saturated heterocycles. The summed E-state index contributed by atoms with van der Waals surface area (Å²) in [6, 6.07) is 3.47. The minimum atomic E-state index is -0.273. The first-order chi connectivity index (χ1) is 8.99. The molecule has 0 aliphatic heterocycles. The zero-order valence-corrected chi connectivity index (χ0v) is 13.1. The van der Waals surface area contributed by atoms with Crippen molar-refractivity contribution in [2.75, 3.05) is 13.2 Å². The zero-order valence-electron chi connectivity index (χ0n) is 11.5. The van der Waals surface area contributed by atoms with Gasteiger partial charge in [0.1, 0.15) is 5.75 Å².